The second-order valence-electron chi connectivity index (χ2n) is 5.59. The largest absolute Gasteiger partial charge is 0.370 e. The number of guanidine groups is 1. The van der Waals surface area contributed by atoms with E-state index in [9.17, 15) is 4.39 Å². The average molecular weight is 292 g/mol. The molecule has 21 heavy (non-hydrogen) atoms. The Morgan fingerprint density at radius 2 is 2.33 bits per heavy atom. The lowest BCUT2D eigenvalue weighted by Gasteiger charge is -2.23. The second-order valence-corrected chi connectivity index (χ2v) is 5.59. The normalized spacial score (nSPS) is 20.0. The molecule has 2 rings (SSSR count). The third kappa shape index (κ3) is 4.43. The summed E-state index contributed by atoms with van der Waals surface area (Å²) in [6.07, 6.45) is 2.47. The molecule has 5 heteroatoms. The van der Waals surface area contributed by atoms with Gasteiger partial charge in [0.25, 0.3) is 0 Å². The molecule has 4 nitrogen and oxygen atoms in total. The number of nitrogens with one attached hydrogen (secondary N) is 1. The van der Waals surface area contributed by atoms with E-state index in [0.29, 0.717) is 24.1 Å². The number of likely N-dealkylation sites (tertiary alicyclic amines) is 1. The van der Waals surface area contributed by atoms with E-state index in [0.717, 1.165) is 18.7 Å². The molecule has 1 aromatic carbocycles. The molecule has 0 radical (unpaired) electrons. The smallest absolute Gasteiger partial charge is 0.188 e. The molecule has 1 unspecified atom stereocenters. The molecule has 0 aromatic heterocycles. The maximum absolute atomic E-state index is 13.2. The molecular weight excluding hydrogens is 267 g/mol. The van der Waals surface area contributed by atoms with Gasteiger partial charge < -0.3 is 11.1 Å². The van der Waals surface area contributed by atoms with Crippen molar-refractivity contribution < 1.29 is 4.39 Å². The van der Waals surface area contributed by atoms with Crippen LogP contribution in [0.5, 0.6) is 0 Å². The summed E-state index contributed by atoms with van der Waals surface area (Å²) >= 11 is 0. The molecule has 0 aliphatic carbocycles. The van der Waals surface area contributed by atoms with Crippen LogP contribution >= 0.6 is 0 Å². The fraction of sp³-hybridized carbons (Fsp3) is 0.562. The first-order valence-corrected chi connectivity index (χ1v) is 7.63. The van der Waals surface area contributed by atoms with Crippen molar-refractivity contribution in [3.8, 4) is 0 Å². The van der Waals surface area contributed by atoms with Crippen molar-refractivity contribution in [3.05, 3.63) is 35.1 Å². The van der Waals surface area contributed by atoms with Gasteiger partial charge in [0.2, 0.25) is 0 Å². The summed E-state index contributed by atoms with van der Waals surface area (Å²) in [5, 5.41) is 3.20. The first-order valence-electron chi connectivity index (χ1n) is 7.63. The van der Waals surface area contributed by atoms with Gasteiger partial charge >= 0.3 is 0 Å². The van der Waals surface area contributed by atoms with Gasteiger partial charge in [0.1, 0.15) is 5.82 Å². The zero-order valence-corrected chi connectivity index (χ0v) is 12.9. The van der Waals surface area contributed by atoms with Crippen LogP contribution in [0.25, 0.3) is 0 Å². The molecule has 3 N–H and O–H groups in total. The molecule has 0 saturated carbocycles. The van der Waals surface area contributed by atoms with Gasteiger partial charge in [-0.1, -0.05) is 19.1 Å². The summed E-state index contributed by atoms with van der Waals surface area (Å²) in [4.78, 5) is 6.78. The molecule has 116 valence electrons. The zero-order valence-electron chi connectivity index (χ0n) is 12.9. The number of hydrogen-bond donors (Lipinski definition) is 2. The highest BCUT2D eigenvalue weighted by atomic mass is 19.1. The van der Waals surface area contributed by atoms with Gasteiger partial charge in [-0.3, -0.25) is 4.90 Å². The number of nitrogens with two attached hydrogens (primary N) is 1. The Bertz CT molecular complexity index is 501. The summed E-state index contributed by atoms with van der Waals surface area (Å²) in [6, 6.07) is 5.58. The van der Waals surface area contributed by atoms with E-state index in [2.05, 4.69) is 22.1 Å². The van der Waals surface area contributed by atoms with Crippen molar-refractivity contribution in [2.45, 2.75) is 39.3 Å². The van der Waals surface area contributed by atoms with E-state index in [1.165, 1.54) is 25.5 Å². The molecular formula is C16H25FN4. The van der Waals surface area contributed by atoms with Crippen molar-refractivity contribution in [2.75, 3.05) is 19.6 Å². The Hall–Kier alpha value is -1.62. The van der Waals surface area contributed by atoms with Gasteiger partial charge in [0.05, 0.1) is 6.54 Å². The standard InChI is InChI=1S/C16H25FN4/c1-3-21-8-4-5-14(21)11-20-16(18)19-10-13-6-7-15(17)12(2)9-13/h6-7,9,14H,3-5,8,10-11H2,1-2H3,(H3,18,19,20). The van der Waals surface area contributed by atoms with Crippen molar-refractivity contribution in [1.29, 1.82) is 0 Å². The molecule has 1 aromatic rings. The minimum absolute atomic E-state index is 0.185. The van der Waals surface area contributed by atoms with Crippen molar-refractivity contribution in [3.63, 3.8) is 0 Å². The third-order valence-electron chi connectivity index (χ3n) is 4.08. The van der Waals surface area contributed by atoms with E-state index < -0.39 is 0 Å². The first-order chi connectivity index (χ1) is 10.1. The molecule has 1 heterocycles. The van der Waals surface area contributed by atoms with Crippen LogP contribution in [0.1, 0.15) is 30.9 Å². The number of hydrogen-bond acceptors (Lipinski definition) is 2. The van der Waals surface area contributed by atoms with E-state index in [1.807, 2.05) is 6.07 Å². The molecule has 1 fully saturated rings. The van der Waals surface area contributed by atoms with Crippen LogP contribution in [0.4, 0.5) is 4.39 Å². The van der Waals surface area contributed by atoms with Crippen LogP contribution in [-0.2, 0) is 6.54 Å². The molecule has 1 atom stereocenters. The number of rotatable bonds is 5. The summed E-state index contributed by atoms with van der Waals surface area (Å²) in [5.41, 5.74) is 7.51. The minimum Gasteiger partial charge on any atom is -0.370 e. The molecule has 0 amide bonds. The molecule has 1 saturated heterocycles. The van der Waals surface area contributed by atoms with Gasteiger partial charge in [0.15, 0.2) is 5.96 Å². The average Bonchev–Trinajstić information content (AvgIpc) is 2.94. The highest BCUT2D eigenvalue weighted by Crippen LogP contribution is 2.15. The van der Waals surface area contributed by atoms with Gasteiger partial charge in [0, 0.05) is 12.6 Å². The van der Waals surface area contributed by atoms with Crippen molar-refractivity contribution in [1.82, 2.24) is 10.2 Å². The van der Waals surface area contributed by atoms with Gasteiger partial charge in [-0.05, 0) is 50.0 Å². The highest BCUT2D eigenvalue weighted by Gasteiger charge is 2.22. The van der Waals surface area contributed by atoms with Crippen molar-refractivity contribution in [2.24, 2.45) is 10.7 Å². The number of likely N-dealkylation sites (N-methyl/N-ethyl adjacent to an activating group) is 1. The van der Waals surface area contributed by atoms with E-state index >= 15 is 0 Å². The fourth-order valence-electron chi connectivity index (χ4n) is 2.80. The quantitative estimate of drug-likeness (QED) is 0.645. The number of halogens is 1. The second kappa shape index (κ2) is 7.41. The third-order valence-corrected chi connectivity index (χ3v) is 4.08. The van der Waals surface area contributed by atoms with Crippen LogP contribution < -0.4 is 11.1 Å². The van der Waals surface area contributed by atoms with E-state index in [4.69, 9.17) is 5.73 Å². The zero-order chi connectivity index (χ0) is 15.2. The van der Waals surface area contributed by atoms with Gasteiger partial charge in [-0.2, -0.15) is 0 Å². The number of benzene rings is 1. The Labute approximate surface area is 126 Å². The van der Waals surface area contributed by atoms with Crippen LogP contribution in [-0.4, -0.2) is 36.5 Å². The summed E-state index contributed by atoms with van der Waals surface area (Å²) in [6.45, 7) is 7.51. The molecule has 1 aliphatic heterocycles. The van der Waals surface area contributed by atoms with E-state index in [-0.39, 0.29) is 5.82 Å². The van der Waals surface area contributed by atoms with Crippen LogP contribution in [0.15, 0.2) is 23.2 Å². The first kappa shape index (κ1) is 15.8. The fourth-order valence-corrected chi connectivity index (χ4v) is 2.80. The topological polar surface area (TPSA) is 53.6 Å². The number of nitrogens with zero attached hydrogens (tertiary/aromatic N) is 2. The number of aliphatic imine (C=N–C) groups is 1. The van der Waals surface area contributed by atoms with Gasteiger partial charge in [-0.15, -0.1) is 0 Å². The Kier molecular flexibility index (Phi) is 5.56. The summed E-state index contributed by atoms with van der Waals surface area (Å²) < 4.78 is 13.2. The molecule has 0 bridgehead atoms. The molecule has 0 spiro atoms. The van der Waals surface area contributed by atoms with Crippen LogP contribution in [0.3, 0.4) is 0 Å². The van der Waals surface area contributed by atoms with Crippen molar-refractivity contribution >= 4 is 5.96 Å². The predicted octanol–water partition coefficient (Wildman–Crippen LogP) is 2.02. The Morgan fingerprint density at radius 3 is 3.05 bits per heavy atom. The summed E-state index contributed by atoms with van der Waals surface area (Å²) in [7, 11) is 0. The predicted molar refractivity (Wildman–Crippen MR) is 84.7 cm³/mol. The lowest BCUT2D eigenvalue weighted by molar-refractivity contribution is 0.267. The SMILES string of the molecule is CCN1CCCC1CNC(N)=NCc1ccc(F)c(C)c1. The lowest BCUT2D eigenvalue weighted by Crippen LogP contribution is -2.42. The Balaban J connectivity index is 1.82. The minimum atomic E-state index is -0.185. The lowest BCUT2D eigenvalue weighted by atomic mass is 10.1. The Morgan fingerprint density at radius 1 is 1.52 bits per heavy atom. The van der Waals surface area contributed by atoms with Gasteiger partial charge in [-0.25, -0.2) is 9.38 Å². The van der Waals surface area contributed by atoms with E-state index in [1.54, 1.807) is 13.0 Å². The van der Waals surface area contributed by atoms with Crippen LogP contribution in [0, 0.1) is 12.7 Å². The monoisotopic (exact) mass is 292 g/mol. The molecule has 1 aliphatic rings. The number of aryl methyl sites for hydroxylation is 1. The van der Waals surface area contributed by atoms with Crippen LogP contribution in [0.2, 0.25) is 0 Å². The maximum atomic E-state index is 13.2. The maximum Gasteiger partial charge on any atom is 0.188 e. The highest BCUT2D eigenvalue weighted by molar-refractivity contribution is 5.77. The summed E-state index contributed by atoms with van der Waals surface area (Å²) in [5.74, 6) is 0.273.